The van der Waals surface area contributed by atoms with Crippen LogP contribution in [0.5, 0.6) is 11.5 Å². The smallest absolute Gasteiger partial charge is 0.261 e. The van der Waals surface area contributed by atoms with E-state index < -0.39 is 10.0 Å². The summed E-state index contributed by atoms with van der Waals surface area (Å²) in [5, 5.41) is 2.76. The molecule has 3 rings (SSSR count). The molecule has 2 N–H and O–H groups in total. The van der Waals surface area contributed by atoms with Gasteiger partial charge < -0.3 is 14.8 Å². The SMILES string of the molecule is COc1ccc(OCCCC(=O)Nc2ccc(S(=O)(=O)Nc3ccc(C)cc3)cc2)cc1. The van der Waals surface area contributed by atoms with E-state index in [1.807, 2.05) is 43.3 Å². The van der Waals surface area contributed by atoms with Crippen LogP contribution in [-0.4, -0.2) is 28.0 Å². The van der Waals surface area contributed by atoms with Crippen molar-refractivity contribution in [3.8, 4) is 11.5 Å². The fraction of sp³-hybridized carbons (Fsp3) is 0.208. The maximum atomic E-state index is 12.5. The first-order valence-electron chi connectivity index (χ1n) is 10.1. The molecule has 0 aliphatic heterocycles. The molecule has 0 fully saturated rings. The van der Waals surface area contributed by atoms with Crippen molar-refractivity contribution in [2.45, 2.75) is 24.7 Å². The lowest BCUT2D eigenvalue weighted by atomic mass is 10.2. The van der Waals surface area contributed by atoms with E-state index in [0.717, 1.165) is 11.3 Å². The molecule has 0 saturated heterocycles. The van der Waals surface area contributed by atoms with Crippen LogP contribution in [0.3, 0.4) is 0 Å². The number of sulfonamides is 1. The van der Waals surface area contributed by atoms with Crippen molar-refractivity contribution in [1.82, 2.24) is 0 Å². The Bertz CT molecular complexity index is 1130. The lowest BCUT2D eigenvalue weighted by Gasteiger charge is -2.10. The number of methoxy groups -OCH3 is 1. The molecule has 7 nitrogen and oxygen atoms in total. The molecule has 0 saturated carbocycles. The first-order valence-corrected chi connectivity index (χ1v) is 11.6. The molecule has 1 amide bonds. The molecule has 0 spiro atoms. The number of hydrogen-bond acceptors (Lipinski definition) is 5. The van der Waals surface area contributed by atoms with Gasteiger partial charge in [0.1, 0.15) is 11.5 Å². The second-order valence-electron chi connectivity index (χ2n) is 7.17. The number of carbonyl (C=O) groups excluding carboxylic acids is 1. The van der Waals surface area contributed by atoms with Crippen LogP contribution < -0.4 is 19.5 Å². The second kappa shape index (κ2) is 10.7. The normalized spacial score (nSPS) is 10.9. The van der Waals surface area contributed by atoms with E-state index in [2.05, 4.69) is 10.0 Å². The highest BCUT2D eigenvalue weighted by molar-refractivity contribution is 7.92. The minimum atomic E-state index is -3.71. The molecule has 0 aliphatic carbocycles. The zero-order chi connectivity index (χ0) is 23.0. The summed E-state index contributed by atoms with van der Waals surface area (Å²) < 4.78 is 38.3. The van der Waals surface area contributed by atoms with Crippen molar-refractivity contribution in [3.05, 3.63) is 78.4 Å². The number of aryl methyl sites for hydroxylation is 1. The van der Waals surface area contributed by atoms with Crippen molar-refractivity contribution in [1.29, 1.82) is 0 Å². The van der Waals surface area contributed by atoms with Crippen LogP contribution in [0.15, 0.2) is 77.7 Å². The average molecular weight is 455 g/mol. The van der Waals surface area contributed by atoms with Crippen molar-refractivity contribution >= 4 is 27.3 Å². The summed E-state index contributed by atoms with van der Waals surface area (Å²) in [5.41, 5.74) is 2.06. The quantitative estimate of drug-likeness (QED) is 0.437. The number of anilines is 2. The van der Waals surface area contributed by atoms with Gasteiger partial charge in [0.2, 0.25) is 5.91 Å². The molecule has 0 heterocycles. The van der Waals surface area contributed by atoms with Crippen LogP contribution in [0.1, 0.15) is 18.4 Å². The third-order valence-corrected chi connectivity index (χ3v) is 6.03. The van der Waals surface area contributed by atoms with Crippen molar-refractivity contribution < 1.29 is 22.7 Å². The highest BCUT2D eigenvalue weighted by Gasteiger charge is 2.14. The lowest BCUT2D eigenvalue weighted by Crippen LogP contribution is -2.14. The molecule has 8 heteroatoms. The summed E-state index contributed by atoms with van der Waals surface area (Å²) in [6.45, 7) is 2.33. The zero-order valence-corrected chi connectivity index (χ0v) is 18.8. The Morgan fingerprint density at radius 2 is 1.44 bits per heavy atom. The predicted octanol–water partition coefficient (Wildman–Crippen LogP) is 4.60. The van der Waals surface area contributed by atoms with Gasteiger partial charge in [-0.05, 0) is 74.0 Å². The van der Waals surface area contributed by atoms with Gasteiger partial charge in [-0.1, -0.05) is 17.7 Å². The van der Waals surface area contributed by atoms with Gasteiger partial charge in [-0.25, -0.2) is 8.42 Å². The van der Waals surface area contributed by atoms with Crippen molar-refractivity contribution in [3.63, 3.8) is 0 Å². The summed E-state index contributed by atoms with van der Waals surface area (Å²) in [4.78, 5) is 12.3. The number of ether oxygens (including phenoxy) is 2. The highest BCUT2D eigenvalue weighted by Crippen LogP contribution is 2.19. The van der Waals surface area contributed by atoms with Gasteiger partial charge in [0, 0.05) is 17.8 Å². The van der Waals surface area contributed by atoms with E-state index >= 15 is 0 Å². The highest BCUT2D eigenvalue weighted by atomic mass is 32.2. The summed E-state index contributed by atoms with van der Waals surface area (Å²) in [7, 11) is -2.11. The molecule has 3 aromatic rings. The van der Waals surface area contributed by atoms with Crippen LogP contribution >= 0.6 is 0 Å². The minimum Gasteiger partial charge on any atom is -0.497 e. The van der Waals surface area contributed by atoms with Gasteiger partial charge in [-0.3, -0.25) is 9.52 Å². The van der Waals surface area contributed by atoms with Gasteiger partial charge in [-0.2, -0.15) is 0 Å². The molecule has 168 valence electrons. The molecule has 0 aromatic heterocycles. The first kappa shape index (κ1) is 23.1. The Kier molecular flexibility index (Phi) is 7.72. The molecule has 0 unspecified atom stereocenters. The van der Waals surface area contributed by atoms with Crippen molar-refractivity contribution in [2.75, 3.05) is 23.8 Å². The van der Waals surface area contributed by atoms with E-state index in [0.29, 0.717) is 30.2 Å². The minimum absolute atomic E-state index is 0.115. The van der Waals surface area contributed by atoms with Crippen LogP contribution in [0.25, 0.3) is 0 Å². The maximum Gasteiger partial charge on any atom is 0.261 e. The van der Waals surface area contributed by atoms with Gasteiger partial charge in [-0.15, -0.1) is 0 Å². The molecule has 0 atom stereocenters. The lowest BCUT2D eigenvalue weighted by molar-refractivity contribution is -0.116. The summed E-state index contributed by atoms with van der Waals surface area (Å²) in [6.07, 6.45) is 0.829. The van der Waals surface area contributed by atoms with Gasteiger partial charge in [0.15, 0.2) is 0 Å². The maximum absolute atomic E-state index is 12.5. The van der Waals surface area contributed by atoms with Gasteiger partial charge in [0.05, 0.1) is 18.6 Å². The van der Waals surface area contributed by atoms with E-state index in [1.54, 1.807) is 31.4 Å². The van der Waals surface area contributed by atoms with E-state index in [-0.39, 0.29) is 17.2 Å². The Hall–Kier alpha value is -3.52. The summed E-state index contributed by atoms with van der Waals surface area (Å²) in [5.74, 6) is 1.29. The number of nitrogens with one attached hydrogen (secondary N) is 2. The van der Waals surface area contributed by atoms with E-state index in [4.69, 9.17) is 9.47 Å². The van der Waals surface area contributed by atoms with Crippen molar-refractivity contribution in [2.24, 2.45) is 0 Å². The van der Waals surface area contributed by atoms with Gasteiger partial charge in [0.25, 0.3) is 10.0 Å². The third kappa shape index (κ3) is 6.75. The van der Waals surface area contributed by atoms with Crippen LogP contribution in [0, 0.1) is 6.92 Å². The zero-order valence-electron chi connectivity index (χ0n) is 18.0. The van der Waals surface area contributed by atoms with Crippen LogP contribution in [0.2, 0.25) is 0 Å². The first-order chi connectivity index (χ1) is 15.4. The van der Waals surface area contributed by atoms with Gasteiger partial charge >= 0.3 is 0 Å². The number of carbonyl (C=O) groups is 1. The largest absolute Gasteiger partial charge is 0.497 e. The summed E-state index contributed by atoms with van der Waals surface area (Å²) >= 11 is 0. The molecule has 0 aliphatic rings. The topological polar surface area (TPSA) is 93.7 Å². The predicted molar refractivity (Wildman–Crippen MR) is 125 cm³/mol. The average Bonchev–Trinajstić information content (AvgIpc) is 2.79. The fourth-order valence-corrected chi connectivity index (χ4v) is 3.93. The summed E-state index contributed by atoms with van der Waals surface area (Å²) in [6, 6.07) is 20.4. The fourth-order valence-electron chi connectivity index (χ4n) is 2.87. The Labute approximate surface area is 188 Å². The van der Waals surface area contributed by atoms with E-state index in [1.165, 1.54) is 12.1 Å². The number of benzene rings is 3. The van der Waals surface area contributed by atoms with E-state index in [9.17, 15) is 13.2 Å². The molecule has 0 radical (unpaired) electrons. The number of rotatable bonds is 10. The van der Waals surface area contributed by atoms with Crippen LogP contribution in [0.4, 0.5) is 11.4 Å². The van der Waals surface area contributed by atoms with Crippen LogP contribution in [-0.2, 0) is 14.8 Å². The monoisotopic (exact) mass is 454 g/mol. The standard InChI is InChI=1S/C24H26N2O5S/c1-18-5-7-20(8-6-18)26-32(28,29)23-15-9-19(10-16-23)25-24(27)4-3-17-31-22-13-11-21(30-2)12-14-22/h5-16,26H,3-4,17H2,1-2H3,(H,25,27). The molecular formula is C24H26N2O5S. The third-order valence-electron chi connectivity index (χ3n) is 4.63. The number of hydrogen-bond donors (Lipinski definition) is 2. The molecule has 0 bridgehead atoms. The Balaban J connectivity index is 1.45. The number of amides is 1. The molecular weight excluding hydrogens is 428 g/mol. The molecule has 32 heavy (non-hydrogen) atoms. The Morgan fingerprint density at radius 3 is 2.06 bits per heavy atom. The molecule has 3 aromatic carbocycles. The Morgan fingerprint density at radius 1 is 0.844 bits per heavy atom. The second-order valence-corrected chi connectivity index (χ2v) is 8.85.